The number of likely N-dealkylation sites (tertiary alicyclic amines) is 1. The van der Waals surface area contributed by atoms with Crippen LogP contribution in [0.25, 0.3) is 0 Å². The van der Waals surface area contributed by atoms with Crippen LogP contribution in [0, 0.1) is 11.8 Å². The Morgan fingerprint density at radius 2 is 1.88 bits per heavy atom. The van der Waals surface area contributed by atoms with Gasteiger partial charge in [-0.1, -0.05) is 0 Å². The fraction of sp³-hybridized carbons (Fsp3) is 0.625. The molecule has 1 aromatic rings. The van der Waals surface area contributed by atoms with E-state index < -0.39 is 16.3 Å². The normalized spacial score (nSPS) is 23.0. The molecule has 1 aliphatic carbocycles. The average molecular weight is 495 g/mol. The molecule has 2 aliphatic heterocycles. The maximum Gasteiger partial charge on any atom is 0.288 e. The number of carbonyl (C=O) groups is 1. The number of benzene rings is 1. The zero-order valence-corrected chi connectivity index (χ0v) is 20.4. The molecule has 1 amide bonds. The second-order valence-electron chi connectivity index (χ2n) is 8.99. The minimum Gasteiger partial charge on any atom is -0.497 e. The Bertz CT molecular complexity index is 970. The van der Waals surface area contributed by atoms with Crippen LogP contribution in [0.2, 0.25) is 0 Å². The second kappa shape index (κ2) is 11.1. The van der Waals surface area contributed by atoms with Gasteiger partial charge >= 0.3 is 0 Å². The van der Waals surface area contributed by atoms with Crippen molar-refractivity contribution in [2.24, 2.45) is 11.8 Å². The van der Waals surface area contributed by atoms with Crippen molar-refractivity contribution in [1.29, 1.82) is 0 Å². The van der Waals surface area contributed by atoms with Crippen molar-refractivity contribution in [1.82, 2.24) is 9.21 Å². The lowest BCUT2D eigenvalue weighted by molar-refractivity contribution is -0.155. The molecular formula is C24H34N2O7S. The van der Waals surface area contributed by atoms with Crippen molar-refractivity contribution in [3.8, 4) is 5.75 Å². The summed E-state index contributed by atoms with van der Waals surface area (Å²) in [6, 6.07) is 6.12. The summed E-state index contributed by atoms with van der Waals surface area (Å²) in [6.07, 6.45) is 6.31. The van der Waals surface area contributed by atoms with Crippen LogP contribution in [0.4, 0.5) is 0 Å². The summed E-state index contributed by atoms with van der Waals surface area (Å²) in [6.45, 7) is 1.28. The monoisotopic (exact) mass is 494 g/mol. The molecule has 2 atom stereocenters. The van der Waals surface area contributed by atoms with Crippen LogP contribution in [0.1, 0.15) is 32.1 Å². The Morgan fingerprint density at radius 3 is 2.50 bits per heavy atom. The van der Waals surface area contributed by atoms with Gasteiger partial charge in [-0.15, -0.1) is 0 Å². The van der Waals surface area contributed by atoms with Gasteiger partial charge in [-0.05, 0) is 67.9 Å². The van der Waals surface area contributed by atoms with Crippen molar-refractivity contribution in [2.75, 3.05) is 46.5 Å². The quantitative estimate of drug-likeness (QED) is 0.501. The molecule has 0 bridgehead atoms. The summed E-state index contributed by atoms with van der Waals surface area (Å²) in [5, 5.41) is 9.44. The van der Waals surface area contributed by atoms with Crippen molar-refractivity contribution >= 4 is 15.9 Å². The second-order valence-corrected chi connectivity index (χ2v) is 10.9. The highest BCUT2D eigenvalue weighted by atomic mass is 32.2. The molecular weight excluding hydrogens is 460 g/mol. The largest absolute Gasteiger partial charge is 0.497 e. The van der Waals surface area contributed by atoms with E-state index in [0.29, 0.717) is 23.8 Å². The molecule has 2 fully saturated rings. The van der Waals surface area contributed by atoms with Crippen molar-refractivity contribution < 1.29 is 32.5 Å². The molecule has 34 heavy (non-hydrogen) atoms. The summed E-state index contributed by atoms with van der Waals surface area (Å²) in [4.78, 5) is 14.8. The number of allylic oxidation sites excluding steroid dienone is 1. The Hall–Kier alpha value is -2.14. The number of carbonyl (C=O) groups excluding carboxylic acids is 1. The molecule has 2 heterocycles. The smallest absolute Gasteiger partial charge is 0.288 e. The van der Waals surface area contributed by atoms with E-state index in [2.05, 4.69) is 0 Å². The third-order valence-corrected chi connectivity index (χ3v) is 8.52. The van der Waals surface area contributed by atoms with Crippen molar-refractivity contribution in [3.05, 3.63) is 36.1 Å². The highest BCUT2D eigenvalue weighted by Gasteiger charge is 2.38. The highest BCUT2D eigenvalue weighted by molar-refractivity contribution is 7.89. The number of ether oxygens (including phenoxy) is 3. The molecule has 0 unspecified atom stereocenters. The van der Waals surface area contributed by atoms with Gasteiger partial charge in [-0.2, -0.15) is 4.31 Å². The Kier molecular flexibility index (Phi) is 8.13. The summed E-state index contributed by atoms with van der Waals surface area (Å²) in [5.74, 6) is 1.62. The molecule has 3 aliphatic rings. The van der Waals surface area contributed by atoms with Gasteiger partial charge in [0.25, 0.3) is 5.91 Å². The lowest BCUT2D eigenvalue weighted by Gasteiger charge is -2.31. The molecule has 0 radical (unpaired) electrons. The predicted octanol–water partition coefficient (Wildman–Crippen LogP) is 1.97. The van der Waals surface area contributed by atoms with Gasteiger partial charge in [0.15, 0.2) is 5.76 Å². The number of hydrogen-bond acceptors (Lipinski definition) is 7. The lowest BCUT2D eigenvalue weighted by atomic mass is 9.96. The fourth-order valence-corrected chi connectivity index (χ4v) is 5.93. The third kappa shape index (κ3) is 5.91. The summed E-state index contributed by atoms with van der Waals surface area (Å²) in [7, 11) is -2.30. The summed E-state index contributed by atoms with van der Waals surface area (Å²) < 4.78 is 44.3. The zero-order valence-electron chi connectivity index (χ0n) is 19.6. The van der Waals surface area contributed by atoms with E-state index in [1.54, 1.807) is 12.1 Å². The number of sulfonamides is 1. The van der Waals surface area contributed by atoms with E-state index in [-0.39, 0.29) is 43.0 Å². The Balaban J connectivity index is 1.37. The molecule has 0 aromatic heterocycles. The van der Waals surface area contributed by atoms with Gasteiger partial charge in [0, 0.05) is 32.6 Å². The van der Waals surface area contributed by atoms with Crippen LogP contribution >= 0.6 is 0 Å². The van der Waals surface area contributed by atoms with Gasteiger partial charge in [-0.3, -0.25) is 4.79 Å². The zero-order chi connectivity index (χ0) is 24.1. The standard InChI is InChI=1S/C24H34N2O7S/c1-31-20-6-8-21(9-7-20)34(29,30)26(12-14-27)13-15-32-23-17-19(18-4-5-18)16-22(33-23)24(28)25-10-2-3-11-25/h6-9,16,18-19,23,27H,2-5,10-15,17H2,1H3/t19-,23+/m0/s1. The van der Waals surface area contributed by atoms with Crippen molar-refractivity contribution in [2.45, 2.75) is 43.3 Å². The number of nitrogens with zero attached hydrogens (tertiary/aromatic N) is 2. The third-order valence-electron chi connectivity index (χ3n) is 6.61. The van der Waals surface area contributed by atoms with E-state index in [4.69, 9.17) is 14.2 Å². The SMILES string of the molecule is COc1ccc(S(=O)(=O)N(CCO)CCO[C@H]2C[C@@H](C3CC3)C=C(C(=O)N3CCCC3)O2)cc1. The number of rotatable bonds is 11. The minimum absolute atomic E-state index is 0.0491. The Labute approximate surface area is 201 Å². The van der Waals surface area contributed by atoms with Gasteiger partial charge in [0.1, 0.15) is 5.75 Å². The van der Waals surface area contributed by atoms with E-state index in [1.807, 2.05) is 11.0 Å². The molecule has 9 nitrogen and oxygen atoms in total. The van der Waals surface area contributed by atoms with E-state index in [9.17, 15) is 18.3 Å². The van der Waals surface area contributed by atoms with Crippen LogP contribution in [-0.2, 0) is 24.3 Å². The highest BCUT2D eigenvalue weighted by Crippen LogP contribution is 2.43. The molecule has 1 saturated heterocycles. The topological polar surface area (TPSA) is 106 Å². The number of aliphatic hydroxyl groups excluding tert-OH is 1. The minimum atomic E-state index is -3.82. The van der Waals surface area contributed by atoms with Gasteiger partial charge in [-0.25, -0.2) is 8.42 Å². The first-order valence-corrected chi connectivity index (χ1v) is 13.4. The first kappa shape index (κ1) is 25.0. The molecule has 10 heteroatoms. The number of amides is 1. The van der Waals surface area contributed by atoms with E-state index in [0.717, 1.165) is 38.8 Å². The van der Waals surface area contributed by atoms with E-state index >= 15 is 0 Å². The molecule has 1 aromatic carbocycles. The maximum atomic E-state index is 13.1. The van der Waals surface area contributed by atoms with Gasteiger partial charge in [0.2, 0.25) is 16.3 Å². The maximum absolute atomic E-state index is 13.1. The first-order chi connectivity index (χ1) is 16.4. The molecule has 4 rings (SSSR count). The summed E-state index contributed by atoms with van der Waals surface area (Å²) >= 11 is 0. The number of hydrogen-bond donors (Lipinski definition) is 1. The van der Waals surface area contributed by atoms with Gasteiger partial charge in [0.05, 0.1) is 25.2 Å². The molecule has 0 spiro atoms. The van der Waals surface area contributed by atoms with Gasteiger partial charge < -0.3 is 24.2 Å². The van der Waals surface area contributed by atoms with Crippen LogP contribution in [0.3, 0.4) is 0 Å². The molecule has 1 N–H and O–H groups in total. The molecule has 1 saturated carbocycles. The van der Waals surface area contributed by atoms with E-state index in [1.165, 1.54) is 23.5 Å². The van der Waals surface area contributed by atoms with Crippen LogP contribution in [0.5, 0.6) is 5.75 Å². The predicted molar refractivity (Wildman–Crippen MR) is 124 cm³/mol. The number of aliphatic hydroxyl groups is 1. The Morgan fingerprint density at radius 1 is 1.18 bits per heavy atom. The summed E-state index contributed by atoms with van der Waals surface area (Å²) in [5.41, 5.74) is 0. The number of methoxy groups -OCH3 is 1. The van der Waals surface area contributed by atoms with Crippen LogP contribution in [-0.4, -0.2) is 81.4 Å². The van der Waals surface area contributed by atoms with Crippen LogP contribution in [0.15, 0.2) is 41.0 Å². The van der Waals surface area contributed by atoms with Crippen molar-refractivity contribution in [3.63, 3.8) is 0 Å². The van der Waals surface area contributed by atoms with Crippen LogP contribution < -0.4 is 4.74 Å². The molecule has 188 valence electrons. The average Bonchev–Trinajstić information content (AvgIpc) is 3.56. The fourth-order valence-electron chi connectivity index (χ4n) is 4.51. The first-order valence-electron chi connectivity index (χ1n) is 12.0. The lowest BCUT2D eigenvalue weighted by Crippen LogP contribution is -2.38.